The van der Waals surface area contributed by atoms with Gasteiger partial charge in [-0.15, -0.1) is 35.3 Å². The van der Waals surface area contributed by atoms with Gasteiger partial charge in [0.25, 0.3) is 0 Å². The van der Waals surface area contributed by atoms with Crippen LogP contribution in [0.15, 0.2) is 53.1 Å². The molecule has 0 amide bonds. The molecule has 32 heavy (non-hydrogen) atoms. The summed E-state index contributed by atoms with van der Waals surface area (Å²) in [5.41, 5.74) is 3.51. The van der Waals surface area contributed by atoms with Crippen molar-refractivity contribution in [1.29, 1.82) is 0 Å². The minimum Gasteiger partial charge on any atom is -0.357 e. The first-order valence-electron chi connectivity index (χ1n) is 11.1. The third kappa shape index (κ3) is 6.93. The number of aliphatic imine (C=N–C) groups is 1. The second kappa shape index (κ2) is 12.8. The zero-order valence-electron chi connectivity index (χ0n) is 18.5. The Morgan fingerprint density at radius 2 is 1.94 bits per heavy atom. The van der Waals surface area contributed by atoms with Crippen molar-refractivity contribution in [1.82, 2.24) is 25.4 Å². The lowest BCUT2D eigenvalue weighted by Crippen LogP contribution is -2.38. The topological polar surface area (TPSA) is 70.4 Å². The van der Waals surface area contributed by atoms with E-state index >= 15 is 0 Å². The van der Waals surface area contributed by atoms with Crippen molar-refractivity contribution in [2.45, 2.75) is 32.6 Å². The van der Waals surface area contributed by atoms with Gasteiger partial charge in [0.1, 0.15) is 0 Å². The molecule has 172 valence electrons. The maximum absolute atomic E-state index is 4.79. The van der Waals surface area contributed by atoms with Crippen molar-refractivity contribution in [3.8, 4) is 5.69 Å². The summed E-state index contributed by atoms with van der Waals surface area (Å²) in [6, 6.07) is 10.4. The van der Waals surface area contributed by atoms with Crippen molar-refractivity contribution < 1.29 is 0 Å². The van der Waals surface area contributed by atoms with E-state index in [2.05, 4.69) is 57.2 Å². The number of hydrogen-bond donors (Lipinski definition) is 2. The van der Waals surface area contributed by atoms with Crippen LogP contribution < -0.4 is 15.5 Å². The molecule has 0 unspecified atom stereocenters. The summed E-state index contributed by atoms with van der Waals surface area (Å²) >= 11 is 1.76. The minimum absolute atomic E-state index is 0. The first-order valence-corrected chi connectivity index (χ1v) is 12.0. The fourth-order valence-corrected chi connectivity index (χ4v) is 4.56. The molecule has 0 saturated carbocycles. The van der Waals surface area contributed by atoms with Crippen molar-refractivity contribution in [3.63, 3.8) is 0 Å². The lowest BCUT2D eigenvalue weighted by Gasteiger charge is -2.12. The molecule has 0 radical (unpaired) electrons. The van der Waals surface area contributed by atoms with E-state index in [1.807, 2.05) is 16.9 Å². The molecule has 3 aromatic rings. The highest BCUT2D eigenvalue weighted by atomic mass is 127. The van der Waals surface area contributed by atoms with Crippen LogP contribution >= 0.6 is 35.3 Å². The molecule has 1 fully saturated rings. The Morgan fingerprint density at radius 3 is 2.66 bits per heavy atom. The number of aromatic nitrogens is 3. The normalized spacial score (nSPS) is 13.8. The van der Waals surface area contributed by atoms with E-state index in [0.29, 0.717) is 0 Å². The Bertz CT molecular complexity index is 947. The SMILES string of the molecule is CCNC(=NCCc1csc(N2CCCC2)n1)NCCc1ccc(-n2cccn2)cc1.I. The molecular weight excluding hydrogens is 533 g/mol. The summed E-state index contributed by atoms with van der Waals surface area (Å²) in [7, 11) is 0. The van der Waals surface area contributed by atoms with Gasteiger partial charge in [-0.3, -0.25) is 4.99 Å². The molecule has 1 saturated heterocycles. The van der Waals surface area contributed by atoms with Crippen LogP contribution in [0.2, 0.25) is 0 Å². The molecule has 3 heterocycles. The smallest absolute Gasteiger partial charge is 0.191 e. The predicted molar refractivity (Wildman–Crippen MR) is 144 cm³/mol. The molecule has 0 atom stereocenters. The van der Waals surface area contributed by atoms with Crippen LogP contribution in [-0.4, -0.2) is 53.4 Å². The van der Waals surface area contributed by atoms with Gasteiger partial charge in [0.2, 0.25) is 0 Å². The van der Waals surface area contributed by atoms with Gasteiger partial charge in [-0.25, -0.2) is 9.67 Å². The largest absolute Gasteiger partial charge is 0.357 e. The molecule has 2 N–H and O–H groups in total. The van der Waals surface area contributed by atoms with Crippen LogP contribution in [0.4, 0.5) is 5.13 Å². The van der Waals surface area contributed by atoms with Crippen molar-refractivity contribution in [2.75, 3.05) is 37.6 Å². The number of thiazole rings is 1. The Morgan fingerprint density at radius 1 is 1.12 bits per heavy atom. The highest BCUT2D eigenvalue weighted by Gasteiger charge is 2.15. The minimum atomic E-state index is 0. The van der Waals surface area contributed by atoms with Gasteiger partial charge < -0.3 is 15.5 Å². The predicted octanol–water partition coefficient (Wildman–Crippen LogP) is 3.89. The molecule has 9 heteroatoms. The molecular formula is C23H32IN7S. The molecule has 0 bridgehead atoms. The second-order valence-electron chi connectivity index (χ2n) is 7.62. The highest BCUT2D eigenvalue weighted by Crippen LogP contribution is 2.24. The number of hydrogen-bond acceptors (Lipinski definition) is 5. The van der Waals surface area contributed by atoms with Gasteiger partial charge in [-0.1, -0.05) is 12.1 Å². The molecule has 2 aromatic heterocycles. The Hall–Kier alpha value is -2.14. The first kappa shape index (κ1) is 24.5. The maximum atomic E-state index is 4.79. The van der Waals surface area contributed by atoms with Crippen LogP contribution in [-0.2, 0) is 12.8 Å². The third-order valence-electron chi connectivity index (χ3n) is 5.31. The van der Waals surface area contributed by atoms with Crippen LogP contribution in [0.1, 0.15) is 31.0 Å². The molecule has 1 aromatic carbocycles. The lowest BCUT2D eigenvalue weighted by atomic mass is 10.1. The van der Waals surface area contributed by atoms with Crippen molar-refractivity contribution in [2.24, 2.45) is 4.99 Å². The number of guanidine groups is 1. The van der Waals surface area contributed by atoms with Gasteiger partial charge in [-0.2, -0.15) is 5.10 Å². The van der Waals surface area contributed by atoms with Gasteiger partial charge in [0.15, 0.2) is 11.1 Å². The average Bonchev–Trinajstić information content (AvgIpc) is 3.56. The maximum Gasteiger partial charge on any atom is 0.191 e. The summed E-state index contributed by atoms with van der Waals surface area (Å²) in [5.74, 6) is 0.866. The summed E-state index contributed by atoms with van der Waals surface area (Å²) < 4.78 is 1.87. The zero-order chi connectivity index (χ0) is 21.3. The fraction of sp³-hybridized carbons (Fsp3) is 0.435. The van der Waals surface area contributed by atoms with Gasteiger partial charge in [0, 0.05) is 56.9 Å². The zero-order valence-corrected chi connectivity index (χ0v) is 21.7. The van der Waals surface area contributed by atoms with E-state index in [1.165, 1.54) is 23.5 Å². The molecule has 0 spiro atoms. The van der Waals surface area contributed by atoms with Gasteiger partial charge >= 0.3 is 0 Å². The van der Waals surface area contributed by atoms with Crippen LogP contribution in [0, 0.1) is 0 Å². The first-order chi connectivity index (χ1) is 15.3. The average molecular weight is 566 g/mol. The number of rotatable bonds is 9. The van der Waals surface area contributed by atoms with Crippen LogP contribution in [0.25, 0.3) is 5.69 Å². The van der Waals surface area contributed by atoms with E-state index in [0.717, 1.165) is 62.9 Å². The molecule has 1 aliphatic rings. The van der Waals surface area contributed by atoms with Gasteiger partial charge in [-0.05, 0) is 49.9 Å². The van der Waals surface area contributed by atoms with Gasteiger partial charge in [0.05, 0.1) is 11.4 Å². The van der Waals surface area contributed by atoms with Crippen molar-refractivity contribution >= 4 is 46.4 Å². The lowest BCUT2D eigenvalue weighted by molar-refractivity contribution is 0.794. The number of nitrogens with one attached hydrogen (secondary N) is 2. The van der Waals surface area contributed by atoms with E-state index in [-0.39, 0.29) is 24.0 Å². The monoisotopic (exact) mass is 565 g/mol. The standard InChI is InChI=1S/C23H31N7S.HI/c1-2-24-22(26-14-11-20-18-31-23(28-20)29-15-3-4-16-29)25-13-10-19-6-8-21(9-7-19)30-17-5-12-27-30;/h5-9,12,17-18H,2-4,10-11,13-16H2,1H3,(H2,24,25,26);1H. The number of halogens is 1. The Balaban J connectivity index is 0.00000289. The van der Waals surface area contributed by atoms with E-state index in [4.69, 9.17) is 9.98 Å². The third-order valence-corrected chi connectivity index (χ3v) is 6.26. The molecule has 4 rings (SSSR count). The Labute approximate surface area is 211 Å². The summed E-state index contributed by atoms with van der Waals surface area (Å²) in [6.07, 6.45) is 8.12. The molecule has 0 aliphatic carbocycles. The van der Waals surface area contributed by atoms with E-state index in [9.17, 15) is 0 Å². The molecule has 7 nitrogen and oxygen atoms in total. The second-order valence-corrected chi connectivity index (χ2v) is 8.46. The van der Waals surface area contributed by atoms with E-state index in [1.54, 1.807) is 17.5 Å². The van der Waals surface area contributed by atoms with Crippen molar-refractivity contribution in [3.05, 3.63) is 59.4 Å². The highest BCUT2D eigenvalue weighted by molar-refractivity contribution is 14.0. The van der Waals surface area contributed by atoms with E-state index < -0.39 is 0 Å². The molecule has 1 aliphatic heterocycles. The summed E-state index contributed by atoms with van der Waals surface area (Å²) in [4.78, 5) is 11.9. The van der Waals surface area contributed by atoms with Crippen LogP contribution in [0.3, 0.4) is 0 Å². The Kier molecular flexibility index (Phi) is 9.79. The number of nitrogens with zero attached hydrogens (tertiary/aromatic N) is 5. The number of anilines is 1. The fourth-order valence-electron chi connectivity index (χ4n) is 3.65. The summed E-state index contributed by atoms with van der Waals surface area (Å²) in [6.45, 7) is 6.80. The van der Waals surface area contributed by atoms with Crippen LogP contribution in [0.5, 0.6) is 0 Å². The quantitative estimate of drug-likeness (QED) is 0.234. The number of benzene rings is 1. The summed E-state index contributed by atoms with van der Waals surface area (Å²) in [5, 5.41) is 14.4.